The molecule has 2 rings (SSSR count). The summed E-state index contributed by atoms with van der Waals surface area (Å²) in [5.74, 6) is 2.00. The first kappa shape index (κ1) is 13.7. The zero-order valence-corrected chi connectivity index (χ0v) is 12.3. The maximum Gasteiger partial charge on any atom is 0.191 e. The fourth-order valence-electron chi connectivity index (χ4n) is 2.91. The minimum absolute atomic E-state index is 0.501. The zero-order valence-electron chi connectivity index (χ0n) is 12.3. The molecule has 2 aliphatic carbocycles. The monoisotopic (exact) mass is 251 g/mol. The molecule has 2 aliphatic rings. The molecule has 2 fully saturated rings. The molecule has 0 aromatic rings. The molecule has 3 nitrogen and oxygen atoms in total. The topological polar surface area (TPSA) is 36.4 Å². The second kappa shape index (κ2) is 5.94. The van der Waals surface area contributed by atoms with Crippen LogP contribution < -0.4 is 10.6 Å². The van der Waals surface area contributed by atoms with Crippen LogP contribution in [0.4, 0.5) is 0 Å². The van der Waals surface area contributed by atoms with Crippen LogP contribution in [-0.4, -0.2) is 25.1 Å². The Morgan fingerprint density at radius 1 is 1.33 bits per heavy atom. The van der Waals surface area contributed by atoms with Crippen molar-refractivity contribution in [3.8, 4) is 0 Å². The highest BCUT2D eigenvalue weighted by molar-refractivity contribution is 5.80. The van der Waals surface area contributed by atoms with E-state index < -0.39 is 0 Å². The molecule has 0 aliphatic heterocycles. The van der Waals surface area contributed by atoms with Crippen LogP contribution in [0.3, 0.4) is 0 Å². The van der Waals surface area contributed by atoms with Crippen molar-refractivity contribution in [3.05, 3.63) is 0 Å². The first-order valence-electron chi connectivity index (χ1n) is 7.75. The minimum atomic E-state index is 0.501. The van der Waals surface area contributed by atoms with Gasteiger partial charge in [0.15, 0.2) is 5.96 Å². The SMILES string of the molecule is CCNC(=NCC1(C2CC2)CCC1)NC(C)CC. The summed E-state index contributed by atoms with van der Waals surface area (Å²) in [5, 5.41) is 6.85. The smallest absolute Gasteiger partial charge is 0.191 e. The molecule has 1 atom stereocenters. The van der Waals surface area contributed by atoms with Crippen LogP contribution in [0.15, 0.2) is 4.99 Å². The predicted molar refractivity (Wildman–Crippen MR) is 77.9 cm³/mol. The molecule has 2 N–H and O–H groups in total. The summed E-state index contributed by atoms with van der Waals surface area (Å²) >= 11 is 0. The van der Waals surface area contributed by atoms with Gasteiger partial charge in [-0.15, -0.1) is 0 Å². The minimum Gasteiger partial charge on any atom is -0.357 e. The van der Waals surface area contributed by atoms with Gasteiger partial charge < -0.3 is 10.6 Å². The van der Waals surface area contributed by atoms with Gasteiger partial charge in [-0.2, -0.15) is 0 Å². The molecule has 0 bridgehead atoms. The Morgan fingerprint density at radius 3 is 2.50 bits per heavy atom. The molecule has 0 radical (unpaired) electrons. The number of hydrogen-bond acceptors (Lipinski definition) is 1. The van der Waals surface area contributed by atoms with Crippen molar-refractivity contribution in [3.63, 3.8) is 0 Å². The van der Waals surface area contributed by atoms with Gasteiger partial charge in [-0.05, 0) is 57.3 Å². The number of rotatable bonds is 6. The Morgan fingerprint density at radius 2 is 2.06 bits per heavy atom. The van der Waals surface area contributed by atoms with Crippen molar-refractivity contribution >= 4 is 5.96 Å². The van der Waals surface area contributed by atoms with Crippen LogP contribution in [0.2, 0.25) is 0 Å². The summed E-state index contributed by atoms with van der Waals surface area (Å²) in [6.45, 7) is 8.53. The van der Waals surface area contributed by atoms with Crippen LogP contribution in [0.1, 0.15) is 59.3 Å². The summed E-state index contributed by atoms with van der Waals surface area (Å²) in [6.07, 6.45) is 8.27. The molecule has 104 valence electrons. The number of guanidine groups is 1. The fraction of sp³-hybridized carbons (Fsp3) is 0.933. The maximum atomic E-state index is 4.85. The molecule has 0 heterocycles. The third-order valence-corrected chi connectivity index (χ3v) is 4.68. The summed E-state index contributed by atoms with van der Waals surface area (Å²) in [4.78, 5) is 4.85. The van der Waals surface area contributed by atoms with Gasteiger partial charge in [-0.3, -0.25) is 4.99 Å². The molecule has 0 aromatic heterocycles. The van der Waals surface area contributed by atoms with E-state index in [1.807, 2.05) is 0 Å². The van der Waals surface area contributed by atoms with Crippen LogP contribution in [0.5, 0.6) is 0 Å². The standard InChI is InChI=1S/C15H29N3/c1-4-12(3)18-14(16-5-2)17-11-15(9-6-10-15)13-7-8-13/h12-13H,4-11H2,1-3H3,(H2,16,17,18). The van der Waals surface area contributed by atoms with Gasteiger partial charge in [0.05, 0.1) is 0 Å². The van der Waals surface area contributed by atoms with Crippen molar-refractivity contribution in [2.24, 2.45) is 16.3 Å². The molecule has 0 aromatic carbocycles. The third kappa shape index (κ3) is 3.18. The van der Waals surface area contributed by atoms with Crippen molar-refractivity contribution < 1.29 is 0 Å². The molecule has 18 heavy (non-hydrogen) atoms. The van der Waals surface area contributed by atoms with Gasteiger partial charge in [-0.1, -0.05) is 13.3 Å². The number of nitrogens with zero attached hydrogens (tertiary/aromatic N) is 1. The summed E-state index contributed by atoms with van der Waals surface area (Å²) in [7, 11) is 0. The molecule has 0 amide bonds. The lowest BCUT2D eigenvalue weighted by Gasteiger charge is -2.41. The second-order valence-electron chi connectivity index (χ2n) is 6.14. The van der Waals surface area contributed by atoms with E-state index in [1.54, 1.807) is 0 Å². The largest absolute Gasteiger partial charge is 0.357 e. The zero-order chi connectivity index (χ0) is 13.0. The maximum absolute atomic E-state index is 4.85. The van der Waals surface area contributed by atoms with Gasteiger partial charge in [0.25, 0.3) is 0 Å². The molecule has 3 heteroatoms. The van der Waals surface area contributed by atoms with E-state index in [0.29, 0.717) is 11.5 Å². The highest BCUT2D eigenvalue weighted by Crippen LogP contribution is 2.57. The lowest BCUT2D eigenvalue weighted by Crippen LogP contribution is -2.43. The molecule has 0 spiro atoms. The van der Waals surface area contributed by atoms with Gasteiger partial charge in [-0.25, -0.2) is 0 Å². The van der Waals surface area contributed by atoms with E-state index >= 15 is 0 Å². The van der Waals surface area contributed by atoms with Crippen molar-refractivity contribution in [2.45, 2.75) is 65.3 Å². The highest BCUT2D eigenvalue weighted by Gasteiger charge is 2.48. The average molecular weight is 251 g/mol. The first-order chi connectivity index (χ1) is 8.70. The molecule has 0 saturated heterocycles. The normalized spacial score (nSPS) is 24.3. The van der Waals surface area contributed by atoms with Crippen molar-refractivity contribution in [1.29, 1.82) is 0 Å². The number of hydrogen-bond donors (Lipinski definition) is 2. The predicted octanol–water partition coefficient (Wildman–Crippen LogP) is 2.92. The lowest BCUT2D eigenvalue weighted by atomic mass is 9.65. The van der Waals surface area contributed by atoms with Crippen molar-refractivity contribution in [1.82, 2.24) is 10.6 Å². The Bertz CT molecular complexity index is 290. The quantitative estimate of drug-likeness (QED) is 0.562. The van der Waals surface area contributed by atoms with E-state index in [-0.39, 0.29) is 0 Å². The summed E-state index contributed by atoms with van der Waals surface area (Å²) in [5.41, 5.74) is 0.581. The first-order valence-corrected chi connectivity index (χ1v) is 7.75. The van der Waals surface area contributed by atoms with E-state index in [9.17, 15) is 0 Å². The van der Waals surface area contributed by atoms with E-state index in [0.717, 1.165) is 31.4 Å². The Labute approximate surface area is 112 Å². The van der Waals surface area contributed by atoms with Gasteiger partial charge in [0.2, 0.25) is 0 Å². The summed E-state index contributed by atoms with van der Waals surface area (Å²) < 4.78 is 0. The summed E-state index contributed by atoms with van der Waals surface area (Å²) in [6, 6.07) is 0.501. The Hall–Kier alpha value is -0.730. The molecular formula is C15H29N3. The van der Waals surface area contributed by atoms with Gasteiger partial charge in [0.1, 0.15) is 0 Å². The number of nitrogens with one attached hydrogen (secondary N) is 2. The van der Waals surface area contributed by atoms with Crippen LogP contribution in [-0.2, 0) is 0 Å². The molecule has 1 unspecified atom stereocenters. The third-order valence-electron chi connectivity index (χ3n) is 4.68. The Kier molecular flexibility index (Phi) is 4.52. The second-order valence-corrected chi connectivity index (χ2v) is 6.14. The lowest BCUT2D eigenvalue weighted by molar-refractivity contribution is 0.113. The highest BCUT2D eigenvalue weighted by atomic mass is 15.2. The Balaban J connectivity index is 1.90. The van der Waals surface area contributed by atoms with E-state index in [2.05, 4.69) is 31.4 Å². The van der Waals surface area contributed by atoms with E-state index in [1.165, 1.54) is 32.1 Å². The van der Waals surface area contributed by atoms with Crippen LogP contribution in [0.25, 0.3) is 0 Å². The van der Waals surface area contributed by atoms with E-state index in [4.69, 9.17) is 4.99 Å². The number of aliphatic imine (C=N–C) groups is 1. The van der Waals surface area contributed by atoms with Crippen LogP contribution >= 0.6 is 0 Å². The van der Waals surface area contributed by atoms with Gasteiger partial charge in [0, 0.05) is 19.1 Å². The van der Waals surface area contributed by atoms with Crippen LogP contribution in [0, 0.1) is 11.3 Å². The molecule has 2 saturated carbocycles. The molecular weight excluding hydrogens is 222 g/mol. The average Bonchev–Trinajstić information content (AvgIpc) is 3.12. The van der Waals surface area contributed by atoms with Gasteiger partial charge >= 0.3 is 0 Å². The fourth-order valence-corrected chi connectivity index (χ4v) is 2.91. The van der Waals surface area contributed by atoms with Crippen molar-refractivity contribution in [2.75, 3.05) is 13.1 Å².